The number of rotatable bonds is 9. The van der Waals surface area contributed by atoms with E-state index in [2.05, 4.69) is 15.3 Å². The predicted molar refractivity (Wildman–Crippen MR) is 142 cm³/mol. The van der Waals surface area contributed by atoms with E-state index in [0.717, 1.165) is 6.34 Å². The van der Waals surface area contributed by atoms with E-state index in [1.54, 1.807) is 48.5 Å². The average molecular weight is 563 g/mol. The number of aliphatic hydroxyl groups excluding tert-OH is 1. The Morgan fingerprint density at radius 3 is 2.50 bits per heavy atom. The fourth-order valence-corrected chi connectivity index (χ4v) is 3.89. The van der Waals surface area contributed by atoms with Gasteiger partial charge in [-0.3, -0.25) is 10.2 Å². The summed E-state index contributed by atoms with van der Waals surface area (Å²) < 4.78 is 22.1. The SMILES string of the molecule is CCC(=O)O[C@H]1[C@@H](O)[C@](C#N)(c2ccc(C(N)=NC=N)[nH]2)O[C@@H]1COC(=O)[C@@H](NC(=O)OC(C)(C)C)C(C)(C)C. The van der Waals surface area contributed by atoms with E-state index < -0.39 is 65.6 Å². The number of nitrogens with two attached hydrogens (primary N) is 1. The van der Waals surface area contributed by atoms with Crippen LogP contribution in [0.4, 0.5) is 4.79 Å². The summed E-state index contributed by atoms with van der Waals surface area (Å²) in [6.45, 7) is 11.2. The van der Waals surface area contributed by atoms with Crippen LogP contribution in [0.15, 0.2) is 17.1 Å². The number of amidine groups is 1. The molecule has 14 heteroatoms. The number of hydrogen-bond acceptors (Lipinski definition) is 10. The number of esters is 2. The Kier molecular flexibility index (Phi) is 10.1. The Bertz CT molecular complexity index is 1180. The zero-order chi connectivity index (χ0) is 30.5. The number of hydrogen-bond donors (Lipinski definition) is 5. The number of carbonyl (C=O) groups excluding carboxylic acids is 3. The highest BCUT2D eigenvalue weighted by Gasteiger charge is 2.59. The van der Waals surface area contributed by atoms with E-state index in [4.69, 9.17) is 30.1 Å². The van der Waals surface area contributed by atoms with E-state index in [1.807, 2.05) is 6.07 Å². The molecule has 1 amide bonds. The summed E-state index contributed by atoms with van der Waals surface area (Å²) in [7, 11) is 0. The Labute approximate surface area is 232 Å². The molecule has 1 aliphatic rings. The smallest absolute Gasteiger partial charge is 0.408 e. The normalized spacial score (nSPS) is 24.0. The van der Waals surface area contributed by atoms with Gasteiger partial charge in [0, 0.05) is 6.42 Å². The maximum atomic E-state index is 13.1. The van der Waals surface area contributed by atoms with Gasteiger partial charge < -0.3 is 40.1 Å². The summed E-state index contributed by atoms with van der Waals surface area (Å²) in [5.41, 5.74) is 2.49. The van der Waals surface area contributed by atoms with E-state index in [1.165, 1.54) is 12.1 Å². The van der Waals surface area contributed by atoms with Gasteiger partial charge in [-0.1, -0.05) is 27.7 Å². The molecule has 1 aromatic heterocycles. The number of H-pyrrole nitrogens is 1. The summed E-state index contributed by atoms with van der Waals surface area (Å²) >= 11 is 0. The van der Waals surface area contributed by atoms with Crippen molar-refractivity contribution in [2.75, 3.05) is 6.61 Å². The summed E-state index contributed by atoms with van der Waals surface area (Å²) in [5, 5.41) is 30.9. The van der Waals surface area contributed by atoms with Gasteiger partial charge in [-0.05, 0) is 38.3 Å². The molecule has 6 N–H and O–H groups in total. The number of aromatic nitrogens is 1. The van der Waals surface area contributed by atoms with Crippen LogP contribution in [0.25, 0.3) is 0 Å². The highest BCUT2D eigenvalue weighted by atomic mass is 16.6. The van der Waals surface area contributed by atoms with Crippen LogP contribution >= 0.6 is 0 Å². The zero-order valence-corrected chi connectivity index (χ0v) is 23.7. The number of aromatic amines is 1. The Balaban J connectivity index is 2.34. The molecule has 5 atom stereocenters. The second-order valence-electron chi connectivity index (χ2n) is 11.3. The van der Waals surface area contributed by atoms with Crippen LogP contribution in [-0.2, 0) is 34.1 Å². The van der Waals surface area contributed by atoms with Crippen molar-refractivity contribution in [1.82, 2.24) is 10.3 Å². The molecule has 2 rings (SSSR count). The third-order valence-electron chi connectivity index (χ3n) is 5.87. The first-order chi connectivity index (χ1) is 18.5. The molecule has 0 aliphatic carbocycles. The van der Waals surface area contributed by atoms with Crippen LogP contribution < -0.4 is 11.1 Å². The number of nitrogens with one attached hydrogen (secondary N) is 3. The first-order valence-electron chi connectivity index (χ1n) is 12.6. The van der Waals surface area contributed by atoms with Crippen molar-refractivity contribution >= 4 is 30.2 Å². The van der Waals surface area contributed by atoms with Crippen LogP contribution in [0, 0.1) is 22.2 Å². The van der Waals surface area contributed by atoms with Gasteiger partial charge in [0.25, 0.3) is 0 Å². The van der Waals surface area contributed by atoms with Crippen LogP contribution in [0.2, 0.25) is 0 Å². The minimum atomic E-state index is -2.06. The number of carbonyl (C=O) groups is 3. The number of ether oxygens (including phenoxy) is 4. The molecule has 1 fully saturated rings. The first kappa shape index (κ1) is 32.3. The minimum Gasteiger partial charge on any atom is -0.461 e. The van der Waals surface area contributed by atoms with Crippen molar-refractivity contribution < 1.29 is 38.4 Å². The van der Waals surface area contributed by atoms with Gasteiger partial charge in [0.15, 0.2) is 6.10 Å². The lowest BCUT2D eigenvalue weighted by Crippen LogP contribution is -2.51. The highest BCUT2D eigenvalue weighted by molar-refractivity contribution is 5.99. The van der Waals surface area contributed by atoms with Crippen molar-refractivity contribution in [3.8, 4) is 6.07 Å². The van der Waals surface area contributed by atoms with Crippen LogP contribution in [0.5, 0.6) is 0 Å². The van der Waals surface area contributed by atoms with Crippen molar-refractivity contribution in [3.63, 3.8) is 0 Å². The molecule has 220 valence electrons. The molecule has 0 bridgehead atoms. The summed E-state index contributed by atoms with van der Waals surface area (Å²) in [5.74, 6) is -1.55. The molecule has 0 aromatic carbocycles. The van der Waals surface area contributed by atoms with E-state index in [0.29, 0.717) is 0 Å². The number of aliphatic hydroxyl groups is 1. The zero-order valence-electron chi connectivity index (χ0n) is 23.7. The summed E-state index contributed by atoms with van der Waals surface area (Å²) in [6.07, 6.45) is -4.43. The molecular weight excluding hydrogens is 524 g/mol. The molecule has 14 nitrogen and oxygen atoms in total. The fraction of sp³-hybridized carbons (Fsp3) is 0.615. The Hall–Kier alpha value is -3.96. The van der Waals surface area contributed by atoms with Gasteiger partial charge in [-0.15, -0.1) is 0 Å². The van der Waals surface area contributed by atoms with Gasteiger partial charge in [-0.2, -0.15) is 5.26 Å². The van der Waals surface area contributed by atoms with E-state index in [-0.39, 0.29) is 23.6 Å². The number of nitrogens with zero attached hydrogens (tertiary/aromatic N) is 2. The largest absolute Gasteiger partial charge is 0.461 e. The molecule has 1 aliphatic heterocycles. The maximum absolute atomic E-state index is 13.1. The molecule has 1 saturated heterocycles. The standard InChI is InChI=1S/C26H38N6O8/c1-8-17(33)38-18-15(11-37-22(35)19(24(2,3)4)32-23(36)40-25(5,6)7)39-26(12-27,20(18)34)16-10-9-14(31-16)21(29)30-13-28/h9-10,13,15,18-20,31,34H,8,11H2,1-7H3,(H,32,36)(H3,28,29,30)/t15-,18-,19-,20-,26+/m1/s1. The highest BCUT2D eigenvalue weighted by Crippen LogP contribution is 2.41. The number of amides is 1. The van der Waals surface area contributed by atoms with Gasteiger partial charge in [0.05, 0.1) is 11.4 Å². The predicted octanol–water partition coefficient (Wildman–Crippen LogP) is 1.61. The van der Waals surface area contributed by atoms with Crippen molar-refractivity contribution in [1.29, 1.82) is 10.7 Å². The molecule has 1 aromatic rings. The lowest BCUT2D eigenvalue weighted by molar-refractivity contribution is -0.162. The fourth-order valence-electron chi connectivity index (χ4n) is 3.89. The topological polar surface area (TPSA) is 222 Å². The second-order valence-corrected chi connectivity index (χ2v) is 11.3. The van der Waals surface area contributed by atoms with Gasteiger partial charge in [0.2, 0.25) is 5.60 Å². The number of aliphatic imine (C=N–C) groups is 1. The van der Waals surface area contributed by atoms with E-state index in [9.17, 15) is 24.8 Å². The van der Waals surface area contributed by atoms with Gasteiger partial charge >= 0.3 is 18.0 Å². The maximum Gasteiger partial charge on any atom is 0.408 e. The quantitative estimate of drug-likeness (QED) is 0.126. The van der Waals surface area contributed by atoms with E-state index >= 15 is 0 Å². The van der Waals surface area contributed by atoms with Crippen molar-refractivity contribution in [3.05, 3.63) is 23.5 Å². The van der Waals surface area contributed by atoms with Crippen LogP contribution in [-0.4, -0.2) is 76.9 Å². The minimum absolute atomic E-state index is 0.0234. The molecule has 0 saturated carbocycles. The van der Waals surface area contributed by atoms with Crippen LogP contribution in [0.3, 0.4) is 0 Å². The third-order valence-corrected chi connectivity index (χ3v) is 5.87. The number of alkyl carbamates (subject to hydrolysis) is 1. The van der Waals surface area contributed by atoms with Crippen molar-refractivity contribution in [2.45, 2.75) is 90.4 Å². The van der Waals surface area contributed by atoms with Crippen LogP contribution in [0.1, 0.15) is 66.3 Å². The molecule has 0 spiro atoms. The first-order valence-corrected chi connectivity index (χ1v) is 12.6. The third kappa shape index (κ3) is 7.57. The van der Waals surface area contributed by atoms with Crippen molar-refractivity contribution in [2.24, 2.45) is 16.1 Å². The van der Waals surface area contributed by atoms with Gasteiger partial charge in [-0.25, -0.2) is 14.6 Å². The molecule has 0 unspecified atom stereocenters. The second kappa shape index (κ2) is 12.5. The number of nitriles is 1. The monoisotopic (exact) mass is 562 g/mol. The lowest BCUT2D eigenvalue weighted by Gasteiger charge is -2.31. The Morgan fingerprint density at radius 2 is 1.98 bits per heavy atom. The van der Waals surface area contributed by atoms with Gasteiger partial charge in [0.1, 0.15) is 48.7 Å². The molecular formula is C26H38N6O8. The average Bonchev–Trinajstić information content (AvgIpc) is 3.44. The molecule has 2 heterocycles. The Morgan fingerprint density at radius 1 is 1.32 bits per heavy atom. The lowest BCUT2D eigenvalue weighted by atomic mass is 9.87. The summed E-state index contributed by atoms with van der Waals surface area (Å²) in [6, 6.07) is 3.70. The summed E-state index contributed by atoms with van der Waals surface area (Å²) in [4.78, 5) is 44.2. The molecule has 40 heavy (non-hydrogen) atoms. The molecule has 0 radical (unpaired) electrons.